The van der Waals surface area contributed by atoms with Crippen molar-refractivity contribution >= 4 is 21.1 Å². The summed E-state index contributed by atoms with van der Waals surface area (Å²) >= 11 is 0. The van der Waals surface area contributed by atoms with Crippen LogP contribution in [0, 0.1) is 23.4 Å². The van der Waals surface area contributed by atoms with Crippen LogP contribution in [-0.4, -0.2) is 29.5 Å². The van der Waals surface area contributed by atoms with Gasteiger partial charge in [-0.1, -0.05) is 0 Å². The second-order valence-corrected chi connectivity index (χ2v) is 10.6. The predicted octanol–water partition coefficient (Wildman–Crippen LogP) is 4.10. The smallest absolute Gasteiger partial charge is 0.277 e. The molecule has 1 aliphatic rings. The van der Waals surface area contributed by atoms with Gasteiger partial charge in [0.25, 0.3) is 10.2 Å². The zero-order valence-corrected chi connectivity index (χ0v) is 19.7. The molecule has 2 aromatic heterocycles. The summed E-state index contributed by atoms with van der Waals surface area (Å²) in [5, 5.41) is 0.447. The van der Waals surface area contributed by atoms with Crippen molar-refractivity contribution in [1.82, 2.24) is 24.0 Å². The standard InChI is InChI=1S/C24H24F3N5O2S/c1-32-12-19(28-13-32)11-30-35(33,34)29-10-14-6-16(7-14)22-20-8-18(26)9-21(27)24(20)31-23(22)15-2-4-17(25)5-3-15/h2-5,8-9,12-14,16,29-31H,6-7,10-11H2,1H3/t14-,16-. The number of aromatic amines is 1. The Bertz CT molecular complexity index is 1480. The van der Waals surface area contributed by atoms with Crippen molar-refractivity contribution in [2.45, 2.75) is 25.3 Å². The first kappa shape index (κ1) is 23.6. The monoisotopic (exact) mass is 503 g/mol. The van der Waals surface area contributed by atoms with Crippen molar-refractivity contribution < 1.29 is 21.6 Å². The number of benzene rings is 2. The molecule has 3 N–H and O–H groups in total. The molecule has 2 heterocycles. The Morgan fingerprint density at radius 3 is 2.51 bits per heavy atom. The van der Waals surface area contributed by atoms with Crippen LogP contribution in [0.15, 0.2) is 48.9 Å². The summed E-state index contributed by atoms with van der Waals surface area (Å²) in [6.45, 7) is 0.321. The third-order valence-corrected chi connectivity index (χ3v) is 7.48. The van der Waals surface area contributed by atoms with Gasteiger partial charge in [0.1, 0.15) is 17.5 Å². The van der Waals surface area contributed by atoms with E-state index in [1.54, 1.807) is 36.3 Å². The number of halogens is 3. The minimum absolute atomic E-state index is 0.0269. The molecule has 0 bridgehead atoms. The highest BCUT2D eigenvalue weighted by molar-refractivity contribution is 7.87. The summed E-state index contributed by atoms with van der Waals surface area (Å²) < 4.78 is 73.4. The van der Waals surface area contributed by atoms with E-state index in [2.05, 4.69) is 19.4 Å². The average Bonchev–Trinajstić information content (AvgIpc) is 3.36. The van der Waals surface area contributed by atoms with Gasteiger partial charge in [-0.2, -0.15) is 13.1 Å². The normalized spacial score (nSPS) is 18.2. The van der Waals surface area contributed by atoms with E-state index in [1.165, 1.54) is 18.2 Å². The van der Waals surface area contributed by atoms with Gasteiger partial charge in [0, 0.05) is 31.2 Å². The number of rotatable bonds is 8. The lowest BCUT2D eigenvalue weighted by atomic mass is 9.70. The Morgan fingerprint density at radius 1 is 1.09 bits per heavy atom. The number of nitrogens with zero attached hydrogens (tertiary/aromatic N) is 2. The zero-order chi connectivity index (χ0) is 24.7. The lowest BCUT2D eigenvalue weighted by molar-refractivity contribution is 0.267. The Balaban J connectivity index is 1.30. The maximum atomic E-state index is 14.5. The van der Waals surface area contributed by atoms with E-state index in [9.17, 15) is 21.6 Å². The molecule has 1 saturated carbocycles. The van der Waals surface area contributed by atoms with Crippen molar-refractivity contribution in [3.63, 3.8) is 0 Å². The molecule has 0 aliphatic heterocycles. The molecule has 35 heavy (non-hydrogen) atoms. The maximum absolute atomic E-state index is 14.5. The molecule has 0 saturated heterocycles. The quantitative estimate of drug-likeness (QED) is 0.338. The second-order valence-electron chi connectivity index (χ2n) is 8.97. The summed E-state index contributed by atoms with van der Waals surface area (Å²) in [5.41, 5.74) is 2.85. The fourth-order valence-electron chi connectivity index (χ4n) is 4.65. The molecule has 0 radical (unpaired) electrons. The Hall–Kier alpha value is -3.15. The third kappa shape index (κ3) is 4.97. The van der Waals surface area contributed by atoms with Crippen molar-refractivity contribution in [1.29, 1.82) is 0 Å². The zero-order valence-electron chi connectivity index (χ0n) is 18.9. The highest BCUT2D eigenvalue weighted by Gasteiger charge is 2.35. The van der Waals surface area contributed by atoms with Crippen molar-refractivity contribution in [3.8, 4) is 11.3 Å². The van der Waals surface area contributed by atoms with Crippen molar-refractivity contribution in [2.24, 2.45) is 13.0 Å². The van der Waals surface area contributed by atoms with E-state index < -0.39 is 27.7 Å². The van der Waals surface area contributed by atoms with Gasteiger partial charge >= 0.3 is 0 Å². The molecular weight excluding hydrogens is 479 g/mol. The van der Waals surface area contributed by atoms with Crippen molar-refractivity contribution in [2.75, 3.05) is 6.54 Å². The van der Waals surface area contributed by atoms with E-state index in [1.807, 2.05) is 0 Å². The molecule has 0 spiro atoms. The molecule has 1 fully saturated rings. The minimum Gasteiger partial charge on any atom is -0.352 e. The van der Waals surface area contributed by atoms with E-state index >= 15 is 0 Å². The molecule has 2 aromatic carbocycles. The van der Waals surface area contributed by atoms with Crippen LogP contribution in [0.5, 0.6) is 0 Å². The van der Waals surface area contributed by atoms with Gasteiger partial charge in [-0.25, -0.2) is 22.9 Å². The Labute approximate surface area is 200 Å². The molecule has 7 nitrogen and oxygen atoms in total. The fraction of sp³-hybridized carbons (Fsp3) is 0.292. The Kier molecular flexibility index (Phi) is 6.16. The molecule has 5 rings (SSSR count). The number of H-pyrrole nitrogens is 1. The summed E-state index contributed by atoms with van der Waals surface area (Å²) in [5.74, 6) is -1.73. The predicted molar refractivity (Wildman–Crippen MR) is 126 cm³/mol. The Morgan fingerprint density at radius 2 is 1.83 bits per heavy atom. The highest BCUT2D eigenvalue weighted by atomic mass is 32.2. The van der Waals surface area contributed by atoms with Crippen LogP contribution in [0.3, 0.4) is 0 Å². The molecule has 0 unspecified atom stereocenters. The first-order valence-electron chi connectivity index (χ1n) is 11.2. The lowest BCUT2D eigenvalue weighted by Gasteiger charge is -2.36. The second kappa shape index (κ2) is 9.14. The molecular formula is C24H24F3N5O2S. The van der Waals surface area contributed by atoms with E-state index in [4.69, 9.17) is 0 Å². The number of aromatic nitrogens is 3. The van der Waals surface area contributed by atoms with Gasteiger partial charge in [-0.15, -0.1) is 0 Å². The highest BCUT2D eigenvalue weighted by Crippen LogP contribution is 2.48. The third-order valence-electron chi connectivity index (χ3n) is 6.41. The van der Waals surface area contributed by atoms with Gasteiger partial charge in [0.2, 0.25) is 0 Å². The van der Waals surface area contributed by atoms with Crippen LogP contribution in [0.2, 0.25) is 0 Å². The topological polar surface area (TPSA) is 91.8 Å². The van der Waals surface area contributed by atoms with Crippen LogP contribution >= 0.6 is 0 Å². The molecule has 1 aliphatic carbocycles. The number of aryl methyl sites for hydroxylation is 1. The van der Waals surface area contributed by atoms with Gasteiger partial charge in [0.05, 0.1) is 29.8 Å². The molecule has 0 atom stereocenters. The van der Waals surface area contributed by atoms with Crippen LogP contribution in [0.1, 0.15) is 30.0 Å². The molecule has 11 heteroatoms. The van der Waals surface area contributed by atoms with Crippen LogP contribution in [0.25, 0.3) is 22.2 Å². The number of imidazole rings is 1. The summed E-state index contributed by atoms with van der Waals surface area (Å²) in [6.07, 6.45) is 4.60. The first-order valence-corrected chi connectivity index (χ1v) is 12.6. The summed E-state index contributed by atoms with van der Waals surface area (Å²) in [7, 11) is -1.90. The van der Waals surface area contributed by atoms with Crippen LogP contribution < -0.4 is 9.44 Å². The number of hydrogen-bond acceptors (Lipinski definition) is 3. The van der Waals surface area contributed by atoms with Gasteiger partial charge in [0.15, 0.2) is 0 Å². The number of fused-ring (bicyclic) bond motifs is 1. The van der Waals surface area contributed by atoms with Gasteiger partial charge in [-0.3, -0.25) is 0 Å². The first-order chi connectivity index (χ1) is 16.7. The van der Waals surface area contributed by atoms with Gasteiger partial charge in [-0.05, 0) is 66.1 Å². The summed E-state index contributed by atoms with van der Waals surface area (Å²) in [4.78, 5) is 7.14. The average molecular weight is 504 g/mol. The molecule has 184 valence electrons. The van der Waals surface area contributed by atoms with E-state index in [0.29, 0.717) is 35.2 Å². The van der Waals surface area contributed by atoms with E-state index in [0.717, 1.165) is 11.6 Å². The maximum Gasteiger partial charge on any atom is 0.277 e. The lowest BCUT2D eigenvalue weighted by Crippen LogP contribution is -2.41. The van der Waals surface area contributed by atoms with E-state index in [-0.39, 0.29) is 30.4 Å². The minimum atomic E-state index is -3.70. The van der Waals surface area contributed by atoms with Crippen LogP contribution in [0.4, 0.5) is 13.2 Å². The molecule has 4 aromatic rings. The number of hydrogen-bond donors (Lipinski definition) is 3. The largest absolute Gasteiger partial charge is 0.352 e. The van der Waals surface area contributed by atoms with Crippen molar-refractivity contribution in [3.05, 3.63) is 77.6 Å². The molecule has 0 amide bonds. The van der Waals surface area contributed by atoms with Crippen LogP contribution in [-0.2, 0) is 23.8 Å². The summed E-state index contributed by atoms with van der Waals surface area (Å²) in [6, 6.07) is 7.95. The van der Waals surface area contributed by atoms with Gasteiger partial charge < -0.3 is 9.55 Å². The fourth-order valence-corrected chi connectivity index (χ4v) is 5.55. The SMILES string of the molecule is Cn1cnc(CNS(=O)(=O)NC[C@H]2C[C@H](c3c(-c4ccc(F)cc4)[nH]c4c(F)cc(F)cc43)C2)c1. The number of nitrogens with one attached hydrogen (secondary N) is 3.